The normalized spacial score (nSPS) is 18.3. The second-order valence-corrected chi connectivity index (χ2v) is 7.94. The molecule has 0 radical (unpaired) electrons. The summed E-state index contributed by atoms with van der Waals surface area (Å²) in [7, 11) is 1.46. The van der Waals surface area contributed by atoms with Crippen LogP contribution >= 0.6 is 27.7 Å². The molecule has 0 bridgehead atoms. The van der Waals surface area contributed by atoms with Crippen LogP contribution in [0.3, 0.4) is 0 Å². The molecule has 1 amide bonds. The van der Waals surface area contributed by atoms with Crippen LogP contribution in [-0.4, -0.2) is 59.4 Å². The first-order valence-electron chi connectivity index (χ1n) is 8.76. The number of thioether (sulfide) groups is 1. The van der Waals surface area contributed by atoms with Crippen LogP contribution in [0.25, 0.3) is 0 Å². The number of rotatable bonds is 9. The number of ether oxygens (including phenoxy) is 3. The number of carbonyl (C=O) groups excluding carboxylic acids is 2. The monoisotopic (exact) mass is 501 g/mol. The number of halogens is 1. The third-order valence-corrected chi connectivity index (χ3v) is 5.32. The van der Waals surface area contributed by atoms with Crippen molar-refractivity contribution >= 4 is 56.9 Å². The van der Waals surface area contributed by atoms with Gasteiger partial charge < -0.3 is 24.6 Å². The number of methoxy groups -OCH3 is 1. The molecule has 10 nitrogen and oxygen atoms in total. The number of benzene rings is 1. The van der Waals surface area contributed by atoms with Gasteiger partial charge in [0.25, 0.3) is 0 Å². The summed E-state index contributed by atoms with van der Waals surface area (Å²) < 4.78 is 16.4. The Morgan fingerprint density at radius 1 is 1.43 bits per heavy atom. The zero-order chi connectivity index (χ0) is 22.3. The van der Waals surface area contributed by atoms with Crippen molar-refractivity contribution in [3.63, 3.8) is 0 Å². The van der Waals surface area contributed by atoms with Crippen molar-refractivity contribution < 1.29 is 33.7 Å². The molecule has 2 rings (SSSR count). The highest BCUT2D eigenvalue weighted by Gasteiger charge is 2.32. The molecule has 1 aliphatic rings. The molecule has 1 aromatic rings. The first-order valence-corrected chi connectivity index (χ1v) is 10.4. The number of carboxylic acid groups (broad SMARTS) is 1. The average molecular weight is 502 g/mol. The number of esters is 1. The van der Waals surface area contributed by atoms with Crippen LogP contribution in [0, 0.1) is 0 Å². The topological polar surface area (TPSA) is 136 Å². The number of amidine groups is 1. The minimum Gasteiger partial charge on any atom is -0.493 e. The second kappa shape index (κ2) is 11.0. The SMILES string of the molecule is CCOC(=O)C(C)Oc1c(Br)cc(C=NN=C2NC(=O)C(CC(=O)O)S2)cc1OC. The molecule has 0 saturated carbocycles. The fourth-order valence-corrected chi connectivity index (χ4v) is 3.77. The zero-order valence-electron chi connectivity index (χ0n) is 16.4. The molecule has 1 saturated heterocycles. The van der Waals surface area contributed by atoms with Crippen LogP contribution in [-0.2, 0) is 19.1 Å². The first-order chi connectivity index (χ1) is 14.2. The number of nitrogens with zero attached hydrogens (tertiary/aromatic N) is 2. The molecule has 162 valence electrons. The Hall–Kier alpha value is -2.60. The Kier molecular flexibility index (Phi) is 8.66. The predicted molar refractivity (Wildman–Crippen MR) is 114 cm³/mol. The Labute approximate surface area is 185 Å². The number of carbonyl (C=O) groups is 3. The largest absolute Gasteiger partial charge is 0.493 e. The van der Waals surface area contributed by atoms with Gasteiger partial charge in [-0.15, -0.1) is 5.10 Å². The van der Waals surface area contributed by atoms with E-state index in [2.05, 4.69) is 31.4 Å². The molecule has 2 N–H and O–H groups in total. The quantitative estimate of drug-likeness (QED) is 0.298. The number of nitrogens with one attached hydrogen (secondary N) is 1. The zero-order valence-corrected chi connectivity index (χ0v) is 18.8. The molecule has 0 spiro atoms. The van der Waals surface area contributed by atoms with Gasteiger partial charge in [0.1, 0.15) is 5.25 Å². The molecule has 0 aromatic heterocycles. The summed E-state index contributed by atoms with van der Waals surface area (Å²) in [5.74, 6) is -1.29. The summed E-state index contributed by atoms with van der Waals surface area (Å²) >= 11 is 4.39. The summed E-state index contributed by atoms with van der Waals surface area (Å²) in [5.41, 5.74) is 0.607. The maximum Gasteiger partial charge on any atom is 0.347 e. The van der Waals surface area contributed by atoms with Crippen molar-refractivity contribution in [3.05, 3.63) is 22.2 Å². The van der Waals surface area contributed by atoms with E-state index < -0.39 is 29.2 Å². The van der Waals surface area contributed by atoms with Gasteiger partial charge in [-0.3, -0.25) is 9.59 Å². The smallest absolute Gasteiger partial charge is 0.347 e. The molecule has 1 fully saturated rings. The van der Waals surface area contributed by atoms with Crippen molar-refractivity contribution in [3.8, 4) is 11.5 Å². The molecule has 2 unspecified atom stereocenters. The maximum absolute atomic E-state index is 11.8. The summed E-state index contributed by atoms with van der Waals surface area (Å²) in [6, 6.07) is 3.32. The van der Waals surface area contributed by atoms with E-state index in [0.717, 1.165) is 11.8 Å². The summed E-state index contributed by atoms with van der Waals surface area (Å²) in [6.45, 7) is 3.53. The van der Waals surface area contributed by atoms with Gasteiger partial charge in [-0.1, -0.05) is 11.8 Å². The van der Waals surface area contributed by atoms with Gasteiger partial charge in [0.15, 0.2) is 22.8 Å². The van der Waals surface area contributed by atoms with Gasteiger partial charge in [-0.25, -0.2) is 4.79 Å². The Bertz CT molecular complexity index is 891. The van der Waals surface area contributed by atoms with Crippen LogP contribution in [0.4, 0.5) is 0 Å². The van der Waals surface area contributed by atoms with Gasteiger partial charge in [0.2, 0.25) is 5.91 Å². The van der Waals surface area contributed by atoms with E-state index in [1.807, 2.05) is 0 Å². The van der Waals surface area contributed by atoms with E-state index in [4.69, 9.17) is 19.3 Å². The second-order valence-electron chi connectivity index (χ2n) is 5.89. The number of carboxylic acids is 1. The lowest BCUT2D eigenvalue weighted by Crippen LogP contribution is -2.26. The summed E-state index contributed by atoms with van der Waals surface area (Å²) in [6.07, 6.45) is 0.299. The number of hydrogen-bond donors (Lipinski definition) is 2. The number of hydrogen-bond acceptors (Lipinski definition) is 9. The molecule has 1 heterocycles. The summed E-state index contributed by atoms with van der Waals surface area (Å²) in [4.78, 5) is 34.2. The molecular formula is C18H20BrN3O7S. The van der Waals surface area contributed by atoms with Crippen LogP contribution in [0.2, 0.25) is 0 Å². The number of amides is 1. The lowest BCUT2D eigenvalue weighted by molar-refractivity contribution is -0.150. The highest BCUT2D eigenvalue weighted by Crippen LogP contribution is 2.37. The maximum atomic E-state index is 11.8. The van der Waals surface area contributed by atoms with Crippen LogP contribution in [0.5, 0.6) is 11.5 Å². The minimum atomic E-state index is -1.07. The lowest BCUT2D eigenvalue weighted by Gasteiger charge is -2.17. The third-order valence-electron chi connectivity index (χ3n) is 3.66. The van der Waals surface area contributed by atoms with E-state index in [9.17, 15) is 14.4 Å². The Morgan fingerprint density at radius 2 is 2.17 bits per heavy atom. The van der Waals surface area contributed by atoms with Crippen LogP contribution < -0.4 is 14.8 Å². The molecule has 30 heavy (non-hydrogen) atoms. The Morgan fingerprint density at radius 3 is 2.80 bits per heavy atom. The molecule has 2 atom stereocenters. The van der Waals surface area contributed by atoms with Crippen LogP contribution in [0.15, 0.2) is 26.8 Å². The predicted octanol–water partition coefficient (Wildman–Crippen LogP) is 2.18. The number of aliphatic carboxylic acids is 1. The van der Waals surface area contributed by atoms with Gasteiger partial charge in [-0.05, 0) is 47.5 Å². The Balaban J connectivity index is 2.12. The summed E-state index contributed by atoms with van der Waals surface area (Å²) in [5, 5.41) is 18.6. The standard InChI is InChI=1S/C18H20BrN3O7S/c1-4-28-17(26)9(2)29-15-11(19)5-10(6-12(15)27-3)8-20-22-18-21-16(25)13(30-18)7-14(23)24/h5-6,8-9,13H,4,7H2,1-3H3,(H,23,24)(H,21,22,25). The molecule has 1 aromatic carbocycles. The van der Waals surface area contributed by atoms with Crippen molar-refractivity contribution in [1.29, 1.82) is 0 Å². The van der Waals surface area contributed by atoms with E-state index in [-0.39, 0.29) is 18.2 Å². The molecule has 0 aliphatic carbocycles. The van der Waals surface area contributed by atoms with Crippen LogP contribution in [0.1, 0.15) is 25.8 Å². The van der Waals surface area contributed by atoms with E-state index in [1.54, 1.807) is 26.0 Å². The average Bonchev–Trinajstić information content (AvgIpc) is 3.02. The highest BCUT2D eigenvalue weighted by molar-refractivity contribution is 9.10. The van der Waals surface area contributed by atoms with Crippen molar-refractivity contribution in [2.24, 2.45) is 10.2 Å². The van der Waals surface area contributed by atoms with Gasteiger partial charge in [0.05, 0.1) is 30.8 Å². The van der Waals surface area contributed by atoms with E-state index in [0.29, 0.717) is 21.5 Å². The molecule has 1 aliphatic heterocycles. The van der Waals surface area contributed by atoms with Gasteiger partial charge >= 0.3 is 11.9 Å². The van der Waals surface area contributed by atoms with Crippen molar-refractivity contribution in [2.75, 3.05) is 13.7 Å². The third kappa shape index (κ3) is 6.46. The van der Waals surface area contributed by atoms with E-state index in [1.165, 1.54) is 13.3 Å². The molecular weight excluding hydrogens is 482 g/mol. The van der Waals surface area contributed by atoms with E-state index >= 15 is 0 Å². The fourth-order valence-electron chi connectivity index (χ4n) is 2.31. The minimum absolute atomic E-state index is 0.219. The van der Waals surface area contributed by atoms with Crippen molar-refractivity contribution in [1.82, 2.24) is 5.32 Å². The molecule has 12 heteroatoms. The highest BCUT2D eigenvalue weighted by atomic mass is 79.9. The van der Waals surface area contributed by atoms with Crippen molar-refractivity contribution in [2.45, 2.75) is 31.6 Å². The first kappa shape index (κ1) is 23.7. The van der Waals surface area contributed by atoms with Gasteiger partial charge in [-0.2, -0.15) is 5.10 Å². The fraction of sp³-hybridized carbons (Fsp3) is 0.389. The van der Waals surface area contributed by atoms with Gasteiger partial charge in [0, 0.05) is 0 Å². The lowest BCUT2D eigenvalue weighted by atomic mass is 10.2.